The van der Waals surface area contributed by atoms with E-state index in [1.54, 1.807) is 6.07 Å². The molecule has 4 aromatic rings. The van der Waals surface area contributed by atoms with Crippen molar-refractivity contribution in [2.75, 3.05) is 10.6 Å². The number of carbonyl (C=O) groups is 1. The van der Waals surface area contributed by atoms with E-state index < -0.39 is 0 Å². The maximum atomic E-state index is 12.3. The van der Waals surface area contributed by atoms with Gasteiger partial charge < -0.3 is 15.1 Å². The molecule has 0 saturated heterocycles. The molecule has 1 heterocycles. The number of rotatable bonds is 4. The molecule has 3 aromatic carbocycles. The third-order valence-electron chi connectivity index (χ3n) is 3.85. The third-order valence-corrected chi connectivity index (χ3v) is 3.85. The molecule has 0 atom stereocenters. The summed E-state index contributed by atoms with van der Waals surface area (Å²) in [6, 6.07) is 26.8. The number of hydrogen-bond donors (Lipinski definition) is 2. The van der Waals surface area contributed by atoms with E-state index in [2.05, 4.69) is 10.6 Å². The van der Waals surface area contributed by atoms with Crippen LogP contribution in [0.4, 0.5) is 17.1 Å². The molecule has 4 heteroatoms. The Labute approximate surface area is 145 Å². The number of anilines is 3. The van der Waals surface area contributed by atoms with Crippen molar-refractivity contribution in [3.05, 3.63) is 90.7 Å². The molecule has 0 bridgehead atoms. The lowest BCUT2D eigenvalue weighted by atomic mass is 10.2. The van der Waals surface area contributed by atoms with Crippen molar-refractivity contribution in [1.29, 1.82) is 0 Å². The largest absolute Gasteiger partial charge is 0.451 e. The minimum absolute atomic E-state index is 0.264. The number of nitrogens with one attached hydrogen (secondary N) is 2. The number of carbonyl (C=O) groups excluding carboxylic acids is 1. The average Bonchev–Trinajstić information content (AvgIpc) is 3.09. The van der Waals surface area contributed by atoms with Crippen molar-refractivity contribution in [3.8, 4) is 0 Å². The van der Waals surface area contributed by atoms with Crippen LogP contribution in [0, 0.1) is 0 Å². The minimum Gasteiger partial charge on any atom is -0.451 e. The number of furan rings is 1. The highest BCUT2D eigenvalue weighted by Gasteiger charge is 2.12. The molecule has 122 valence electrons. The molecule has 0 aliphatic carbocycles. The Balaban J connectivity index is 1.46. The van der Waals surface area contributed by atoms with E-state index in [9.17, 15) is 4.79 Å². The fourth-order valence-corrected chi connectivity index (χ4v) is 2.61. The predicted molar refractivity (Wildman–Crippen MR) is 100 cm³/mol. The van der Waals surface area contributed by atoms with Crippen LogP contribution in [0.3, 0.4) is 0 Å². The molecule has 1 amide bonds. The minimum atomic E-state index is -0.264. The van der Waals surface area contributed by atoms with Gasteiger partial charge in [0, 0.05) is 22.4 Å². The first-order chi connectivity index (χ1) is 12.3. The van der Waals surface area contributed by atoms with Gasteiger partial charge in [0.1, 0.15) is 5.58 Å². The Morgan fingerprint density at radius 3 is 2.12 bits per heavy atom. The van der Waals surface area contributed by atoms with Crippen molar-refractivity contribution in [2.45, 2.75) is 0 Å². The molecule has 1 aromatic heterocycles. The van der Waals surface area contributed by atoms with Gasteiger partial charge in [0.25, 0.3) is 5.91 Å². The first-order valence-corrected chi connectivity index (χ1v) is 8.00. The van der Waals surface area contributed by atoms with Gasteiger partial charge in [-0.2, -0.15) is 0 Å². The fraction of sp³-hybridized carbons (Fsp3) is 0. The molecular weight excluding hydrogens is 312 g/mol. The number of fused-ring (bicyclic) bond motifs is 1. The summed E-state index contributed by atoms with van der Waals surface area (Å²) in [5.41, 5.74) is 3.38. The zero-order chi connectivity index (χ0) is 17.1. The van der Waals surface area contributed by atoms with Gasteiger partial charge in [-0.1, -0.05) is 36.4 Å². The Morgan fingerprint density at radius 2 is 1.36 bits per heavy atom. The lowest BCUT2D eigenvalue weighted by molar-refractivity contribution is 0.0998. The van der Waals surface area contributed by atoms with Crippen molar-refractivity contribution in [1.82, 2.24) is 0 Å². The third kappa shape index (κ3) is 3.38. The molecule has 0 fully saturated rings. The monoisotopic (exact) mass is 328 g/mol. The molecule has 0 radical (unpaired) electrons. The van der Waals surface area contributed by atoms with Gasteiger partial charge in [-0.3, -0.25) is 4.79 Å². The molecule has 0 aliphatic rings. The number of para-hydroxylation sites is 2. The fourth-order valence-electron chi connectivity index (χ4n) is 2.61. The number of hydrogen-bond acceptors (Lipinski definition) is 3. The second-order valence-corrected chi connectivity index (χ2v) is 5.67. The van der Waals surface area contributed by atoms with Crippen LogP contribution in [0.25, 0.3) is 11.0 Å². The Bertz CT molecular complexity index is 972. The quantitative estimate of drug-likeness (QED) is 0.525. The standard InChI is InChI=1S/C21H16N2O2/c24-21(20-14-15-6-4-5-9-19(15)25-20)23-18-12-10-17(11-13-18)22-16-7-2-1-3-8-16/h1-14,22H,(H,23,24). The molecular formula is C21H16N2O2. The summed E-state index contributed by atoms with van der Waals surface area (Å²) in [5.74, 6) is 0.0349. The Hall–Kier alpha value is -3.53. The summed E-state index contributed by atoms with van der Waals surface area (Å²) < 4.78 is 5.58. The smallest absolute Gasteiger partial charge is 0.291 e. The zero-order valence-corrected chi connectivity index (χ0v) is 13.4. The SMILES string of the molecule is O=C(Nc1ccc(Nc2ccccc2)cc1)c1cc2ccccc2o1. The lowest BCUT2D eigenvalue weighted by Crippen LogP contribution is -2.10. The van der Waals surface area contributed by atoms with E-state index >= 15 is 0 Å². The highest BCUT2D eigenvalue weighted by molar-refractivity contribution is 6.04. The summed E-state index contributed by atoms with van der Waals surface area (Å²) in [6.07, 6.45) is 0. The second-order valence-electron chi connectivity index (χ2n) is 5.67. The molecule has 0 aliphatic heterocycles. The van der Waals surface area contributed by atoms with Crippen LogP contribution in [-0.2, 0) is 0 Å². The molecule has 0 spiro atoms. The average molecular weight is 328 g/mol. The number of benzene rings is 3. The van der Waals surface area contributed by atoms with Crippen LogP contribution in [0.15, 0.2) is 89.3 Å². The molecule has 4 rings (SSSR count). The van der Waals surface area contributed by atoms with Gasteiger partial charge in [-0.05, 0) is 48.5 Å². The molecule has 2 N–H and O–H groups in total. The van der Waals surface area contributed by atoms with E-state index in [0.717, 1.165) is 16.8 Å². The van der Waals surface area contributed by atoms with Gasteiger partial charge in [0.2, 0.25) is 0 Å². The Morgan fingerprint density at radius 1 is 0.720 bits per heavy atom. The number of amides is 1. The van der Waals surface area contributed by atoms with Gasteiger partial charge in [0.15, 0.2) is 5.76 Å². The van der Waals surface area contributed by atoms with E-state index in [-0.39, 0.29) is 5.91 Å². The first kappa shape index (κ1) is 15.0. The lowest BCUT2D eigenvalue weighted by Gasteiger charge is -2.08. The van der Waals surface area contributed by atoms with Crippen molar-refractivity contribution in [3.63, 3.8) is 0 Å². The zero-order valence-electron chi connectivity index (χ0n) is 13.4. The summed E-state index contributed by atoms with van der Waals surface area (Å²) in [7, 11) is 0. The van der Waals surface area contributed by atoms with Crippen LogP contribution in [0.1, 0.15) is 10.6 Å². The van der Waals surface area contributed by atoms with Gasteiger partial charge in [-0.15, -0.1) is 0 Å². The molecule has 0 saturated carbocycles. The summed E-state index contributed by atoms with van der Waals surface area (Å²) in [5, 5.41) is 7.06. The van der Waals surface area contributed by atoms with E-state index in [1.807, 2.05) is 78.9 Å². The van der Waals surface area contributed by atoms with Crippen LogP contribution in [0.5, 0.6) is 0 Å². The van der Waals surface area contributed by atoms with Crippen LogP contribution < -0.4 is 10.6 Å². The highest BCUT2D eigenvalue weighted by atomic mass is 16.3. The summed E-state index contributed by atoms with van der Waals surface area (Å²) in [4.78, 5) is 12.3. The van der Waals surface area contributed by atoms with Gasteiger partial charge in [0.05, 0.1) is 0 Å². The Kier molecular flexibility index (Phi) is 3.92. The maximum absolute atomic E-state index is 12.3. The van der Waals surface area contributed by atoms with E-state index in [1.165, 1.54) is 0 Å². The van der Waals surface area contributed by atoms with Crippen LogP contribution in [-0.4, -0.2) is 5.91 Å². The molecule has 4 nitrogen and oxygen atoms in total. The van der Waals surface area contributed by atoms with E-state index in [0.29, 0.717) is 17.0 Å². The summed E-state index contributed by atoms with van der Waals surface area (Å²) in [6.45, 7) is 0. The highest BCUT2D eigenvalue weighted by Crippen LogP contribution is 2.21. The second kappa shape index (κ2) is 6.53. The molecule has 0 unspecified atom stereocenters. The van der Waals surface area contributed by atoms with E-state index in [4.69, 9.17) is 4.42 Å². The van der Waals surface area contributed by atoms with Gasteiger partial charge in [-0.25, -0.2) is 0 Å². The normalized spacial score (nSPS) is 10.6. The van der Waals surface area contributed by atoms with Crippen molar-refractivity contribution >= 4 is 33.9 Å². The predicted octanol–water partition coefficient (Wildman–Crippen LogP) is 5.43. The van der Waals surface area contributed by atoms with Crippen molar-refractivity contribution < 1.29 is 9.21 Å². The maximum Gasteiger partial charge on any atom is 0.291 e. The van der Waals surface area contributed by atoms with Crippen LogP contribution in [0.2, 0.25) is 0 Å². The molecule has 25 heavy (non-hydrogen) atoms. The summed E-state index contributed by atoms with van der Waals surface area (Å²) >= 11 is 0. The topological polar surface area (TPSA) is 54.3 Å². The first-order valence-electron chi connectivity index (χ1n) is 8.00. The van der Waals surface area contributed by atoms with Crippen LogP contribution >= 0.6 is 0 Å². The van der Waals surface area contributed by atoms with Crippen molar-refractivity contribution in [2.24, 2.45) is 0 Å². The van der Waals surface area contributed by atoms with Gasteiger partial charge >= 0.3 is 0 Å².